The maximum atomic E-state index is 13.7. The zero-order valence-electron chi connectivity index (χ0n) is 16.7. The summed E-state index contributed by atoms with van der Waals surface area (Å²) in [6, 6.07) is 9.73. The number of pyridine rings is 1. The highest BCUT2D eigenvalue weighted by Crippen LogP contribution is 2.40. The molecular formula is C22H19ClF5N3O. The molecule has 1 amide bonds. The molecule has 4 nitrogen and oxygen atoms in total. The van der Waals surface area contributed by atoms with E-state index in [1.54, 1.807) is 30.3 Å². The number of nitrogens with one attached hydrogen (secondary N) is 1. The van der Waals surface area contributed by atoms with Crippen molar-refractivity contribution >= 4 is 28.8 Å². The molecule has 1 fully saturated rings. The van der Waals surface area contributed by atoms with Crippen molar-refractivity contribution in [1.29, 1.82) is 0 Å². The molecule has 0 aliphatic heterocycles. The lowest BCUT2D eigenvalue weighted by Gasteiger charge is -2.28. The van der Waals surface area contributed by atoms with Crippen LogP contribution in [0.3, 0.4) is 0 Å². The summed E-state index contributed by atoms with van der Waals surface area (Å²) in [4.78, 5) is 16.3. The Morgan fingerprint density at radius 2 is 1.84 bits per heavy atom. The van der Waals surface area contributed by atoms with Gasteiger partial charge in [0.25, 0.3) is 5.91 Å². The molecule has 0 atom stereocenters. The van der Waals surface area contributed by atoms with E-state index in [4.69, 9.17) is 11.6 Å². The number of aromatic nitrogens is 2. The number of imidazole rings is 1. The number of nitrogens with zero attached hydrogens (tertiary/aromatic N) is 2. The van der Waals surface area contributed by atoms with Gasteiger partial charge in [0.1, 0.15) is 5.65 Å². The van der Waals surface area contributed by atoms with Gasteiger partial charge >= 0.3 is 6.18 Å². The number of carbonyl (C=O) groups is 1. The molecule has 32 heavy (non-hydrogen) atoms. The van der Waals surface area contributed by atoms with Gasteiger partial charge in [-0.05, 0) is 43.4 Å². The molecule has 1 aromatic carbocycles. The van der Waals surface area contributed by atoms with Gasteiger partial charge in [-0.25, -0.2) is 13.8 Å². The number of hydrogen-bond acceptors (Lipinski definition) is 2. The lowest BCUT2D eigenvalue weighted by atomic mass is 9.83. The van der Waals surface area contributed by atoms with Crippen LogP contribution in [0, 0.1) is 5.92 Å². The van der Waals surface area contributed by atoms with Crippen LogP contribution in [0.15, 0.2) is 42.6 Å². The molecule has 1 N–H and O–H groups in total. The molecule has 0 spiro atoms. The van der Waals surface area contributed by atoms with Crippen molar-refractivity contribution < 1.29 is 26.7 Å². The summed E-state index contributed by atoms with van der Waals surface area (Å²) in [5.74, 6) is -3.68. The number of anilines is 1. The number of carbonyl (C=O) groups excluding carboxylic acids is 1. The van der Waals surface area contributed by atoms with Gasteiger partial charge in [-0.3, -0.25) is 4.79 Å². The van der Waals surface area contributed by atoms with E-state index in [1.807, 2.05) is 0 Å². The summed E-state index contributed by atoms with van der Waals surface area (Å²) in [6.07, 6.45) is -4.01. The summed E-state index contributed by atoms with van der Waals surface area (Å²) < 4.78 is 69.2. The predicted octanol–water partition coefficient (Wildman–Crippen LogP) is 6.63. The molecular weight excluding hydrogens is 453 g/mol. The highest BCUT2D eigenvalue weighted by molar-refractivity contribution is 6.34. The molecule has 0 unspecified atom stereocenters. The number of fused-ring (bicyclic) bond motifs is 1. The topological polar surface area (TPSA) is 46.4 Å². The summed E-state index contributed by atoms with van der Waals surface area (Å²) in [6.45, 7) is 0. The fourth-order valence-corrected chi connectivity index (χ4v) is 4.24. The minimum atomic E-state index is -4.74. The minimum absolute atomic E-state index is 0.0226. The molecule has 1 saturated carbocycles. The van der Waals surface area contributed by atoms with Gasteiger partial charge in [0.2, 0.25) is 5.92 Å². The first kappa shape index (κ1) is 22.5. The van der Waals surface area contributed by atoms with E-state index >= 15 is 0 Å². The van der Waals surface area contributed by atoms with Crippen molar-refractivity contribution in [1.82, 2.24) is 9.38 Å². The summed E-state index contributed by atoms with van der Waals surface area (Å²) in [5.41, 5.74) is -0.838. The van der Waals surface area contributed by atoms with E-state index in [1.165, 1.54) is 16.7 Å². The summed E-state index contributed by atoms with van der Waals surface area (Å²) in [7, 11) is 0. The van der Waals surface area contributed by atoms with Crippen molar-refractivity contribution in [2.24, 2.45) is 5.92 Å². The number of para-hydroxylation sites is 1. The number of alkyl halides is 5. The van der Waals surface area contributed by atoms with Gasteiger partial charge in [-0.15, -0.1) is 0 Å². The van der Waals surface area contributed by atoms with Gasteiger partial charge in [0, 0.05) is 24.7 Å². The van der Waals surface area contributed by atoms with Crippen LogP contribution in [0.2, 0.25) is 5.02 Å². The first-order chi connectivity index (χ1) is 15.0. The molecule has 4 rings (SSSR count). The Labute approximate surface area is 185 Å². The summed E-state index contributed by atoms with van der Waals surface area (Å²) in [5, 5.41) is 2.59. The maximum absolute atomic E-state index is 13.7. The molecule has 3 aromatic rings. The van der Waals surface area contributed by atoms with Gasteiger partial charge in [0.05, 0.1) is 16.3 Å². The Kier molecular flexibility index (Phi) is 5.87. The Hall–Kier alpha value is -2.68. The predicted molar refractivity (Wildman–Crippen MR) is 110 cm³/mol. The van der Waals surface area contributed by atoms with Crippen molar-refractivity contribution in [3.63, 3.8) is 0 Å². The van der Waals surface area contributed by atoms with E-state index in [9.17, 15) is 26.7 Å². The normalized spacial score (nSPS) is 16.9. The first-order valence-electron chi connectivity index (χ1n) is 10.1. The van der Waals surface area contributed by atoms with Crippen molar-refractivity contribution in [2.75, 3.05) is 5.32 Å². The Bertz CT molecular complexity index is 1130. The van der Waals surface area contributed by atoms with E-state index in [0.29, 0.717) is 5.69 Å². The van der Waals surface area contributed by atoms with Gasteiger partial charge in [0.15, 0.2) is 5.69 Å². The van der Waals surface area contributed by atoms with E-state index in [0.717, 1.165) is 0 Å². The second-order valence-corrected chi connectivity index (χ2v) is 8.40. The molecule has 170 valence electrons. The van der Waals surface area contributed by atoms with Crippen LogP contribution in [0.4, 0.5) is 27.6 Å². The van der Waals surface area contributed by atoms with Crippen LogP contribution in [0.25, 0.3) is 5.65 Å². The summed E-state index contributed by atoms with van der Waals surface area (Å²) >= 11 is 6.25. The van der Waals surface area contributed by atoms with Gasteiger partial charge in [-0.2, -0.15) is 13.2 Å². The number of rotatable bonds is 4. The van der Waals surface area contributed by atoms with Crippen molar-refractivity contribution in [3.8, 4) is 0 Å². The number of amides is 1. The fourth-order valence-electron chi connectivity index (χ4n) is 4.01. The van der Waals surface area contributed by atoms with Crippen LogP contribution in [-0.4, -0.2) is 21.2 Å². The largest absolute Gasteiger partial charge is 0.435 e. The highest BCUT2D eigenvalue weighted by atomic mass is 35.5. The molecule has 0 radical (unpaired) electrons. The molecule has 2 heterocycles. The Balaban J connectivity index is 1.69. The SMILES string of the molecule is O=C(Nc1ccccc1)c1cc2nc(C(F)(F)F)c(CC3CCC(F)(F)CC3)n2cc1Cl. The Morgan fingerprint density at radius 3 is 2.47 bits per heavy atom. The average molecular weight is 472 g/mol. The number of benzene rings is 1. The fraction of sp³-hybridized carbons (Fsp3) is 0.364. The zero-order valence-corrected chi connectivity index (χ0v) is 17.5. The first-order valence-corrected chi connectivity index (χ1v) is 10.4. The zero-order chi connectivity index (χ0) is 23.1. The van der Waals surface area contributed by atoms with Gasteiger partial charge in [-0.1, -0.05) is 29.8 Å². The van der Waals surface area contributed by atoms with Gasteiger partial charge < -0.3 is 9.72 Å². The van der Waals surface area contributed by atoms with Crippen LogP contribution in [0.1, 0.15) is 47.4 Å². The second-order valence-electron chi connectivity index (χ2n) is 7.99. The second kappa shape index (κ2) is 8.35. The monoisotopic (exact) mass is 471 g/mol. The third-order valence-electron chi connectivity index (χ3n) is 5.67. The number of halogens is 6. The van der Waals surface area contributed by atoms with Crippen molar-refractivity contribution in [2.45, 2.75) is 44.2 Å². The molecule has 0 saturated heterocycles. The molecule has 1 aliphatic rings. The van der Waals surface area contributed by atoms with Crippen molar-refractivity contribution in [3.05, 3.63) is 64.6 Å². The van der Waals surface area contributed by atoms with Crippen LogP contribution in [0.5, 0.6) is 0 Å². The average Bonchev–Trinajstić information content (AvgIpc) is 3.07. The van der Waals surface area contributed by atoms with E-state index in [2.05, 4.69) is 10.3 Å². The Morgan fingerprint density at radius 1 is 1.19 bits per heavy atom. The lowest BCUT2D eigenvalue weighted by molar-refractivity contribution is -0.141. The maximum Gasteiger partial charge on any atom is 0.435 e. The van der Waals surface area contributed by atoms with Crippen LogP contribution < -0.4 is 5.32 Å². The quantitative estimate of drug-likeness (QED) is 0.434. The van der Waals surface area contributed by atoms with E-state index < -0.39 is 23.7 Å². The molecule has 10 heteroatoms. The number of hydrogen-bond donors (Lipinski definition) is 1. The third-order valence-corrected chi connectivity index (χ3v) is 5.98. The van der Waals surface area contributed by atoms with Crippen LogP contribution >= 0.6 is 11.6 Å². The molecule has 0 bridgehead atoms. The van der Waals surface area contributed by atoms with Crippen LogP contribution in [-0.2, 0) is 12.6 Å². The van der Waals surface area contributed by atoms with E-state index in [-0.39, 0.29) is 59.9 Å². The molecule has 1 aliphatic carbocycles. The smallest absolute Gasteiger partial charge is 0.322 e. The standard InChI is InChI=1S/C22H19ClF5N3O/c23-16-12-31-17(10-13-6-8-21(24,25)9-7-13)19(22(26,27)28)30-18(31)11-15(16)20(32)29-14-4-2-1-3-5-14/h1-5,11-13H,6-10H2,(H,29,32). The minimum Gasteiger partial charge on any atom is -0.322 e. The third kappa shape index (κ3) is 4.72. The molecule has 2 aromatic heterocycles. The lowest BCUT2D eigenvalue weighted by Crippen LogP contribution is -2.26. The highest BCUT2D eigenvalue weighted by Gasteiger charge is 2.40.